The van der Waals surface area contributed by atoms with Crippen LogP contribution in [0, 0.1) is 0 Å². The highest BCUT2D eigenvalue weighted by Gasteiger charge is 2.33. The fraction of sp³-hybridized carbons (Fsp3) is 0.444. The quantitative estimate of drug-likeness (QED) is 0.538. The molecule has 0 saturated heterocycles. The van der Waals surface area contributed by atoms with E-state index in [2.05, 4.69) is 10.6 Å². The van der Waals surface area contributed by atoms with Crippen molar-refractivity contribution in [3.05, 3.63) is 34.0 Å². The van der Waals surface area contributed by atoms with Gasteiger partial charge in [-0.25, -0.2) is 4.79 Å². The van der Waals surface area contributed by atoms with Crippen LogP contribution in [0.25, 0.3) is 0 Å². The average molecular weight is 399 g/mol. The predicted octanol–water partition coefficient (Wildman–Crippen LogP) is 3.49. The van der Waals surface area contributed by atoms with Gasteiger partial charge < -0.3 is 24.8 Å². The van der Waals surface area contributed by atoms with E-state index in [1.807, 2.05) is 13.8 Å². The van der Waals surface area contributed by atoms with Gasteiger partial charge in [0.2, 0.25) is 0 Å². The molecule has 0 aliphatic carbocycles. The van der Waals surface area contributed by atoms with Gasteiger partial charge in [0.25, 0.3) is 0 Å². The Hall–Kier alpha value is -1.99. The molecule has 2 N–H and O–H groups in total. The molecule has 0 spiro atoms. The molecule has 1 atom stereocenters. The van der Waals surface area contributed by atoms with E-state index in [0.717, 1.165) is 0 Å². The number of esters is 1. The Morgan fingerprint density at radius 3 is 2.35 bits per heavy atom. The van der Waals surface area contributed by atoms with E-state index in [1.54, 1.807) is 26.0 Å². The summed E-state index contributed by atoms with van der Waals surface area (Å²) in [7, 11) is 0. The topological polar surface area (TPSA) is 68.8 Å². The van der Waals surface area contributed by atoms with Crippen LogP contribution < -0.4 is 20.1 Å². The first-order valence-electron chi connectivity index (χ1n) is 8.47. The van der Waals surface area contributed by atoms with E-state index < -0.39 is 12.0 Å². The smallest absolute Gasteiger partial charge is 0.338 e. The third-order valence-corrected chi connectivity index (χ3v) is 4.29. The van der Waals surface area contributed by atoms with Crippen molar-refractivity contribution in [1.82, 2.24) is 10.6 Å². The minimum Gasteiger partial charge on any atom is -0.490 e. The Morgan fingerprint density at radius 1 is 1.15 bits per heavy atom. The molecular formula is C18H23ClN2O4S. The number of benzene rings is 1. The van der Waals surface area contributed by atoms with Gasteiger partial charge in [-0.3, -0.25) is 0 Å². The molecule has 142 valence electrons. The third-order valence-electron chi connectivity index (χ3n) is 3.74. The molecule has 1 aromatic carbocycles. The maximum atomic E-state index is 12.5. The molecule has 1 unspecified atom stereocenters. The summed E-state index contributed by atoms with van der Waals surface area (Å²) in [6.07, 6.45) is 0. The highest BCUT2D eigenvalue weighted by molar-refractivity contribution is 7.80. The summed E-state index contributed by atoms with van der Waals surface area (Å²) in [6, 6.07) is 2.91. The van der Waals surface area contributed by atoms with Crippen molar-refractivity contribution in [1.29, 1.82) is 0 Å². The summed E-state index contributed by atoms with van der Waals surface area (Å²) in [5, 5.41) is 6.90. The molecule has 1 aliphatic rings. The number of hydrogen-bond donors (Lipinski definition) is 2. The van der Waals surface area contributed by atoms with Gasteiger partial charge in [-0.2, -0.15) is 0 Å². The van der Waals surface area contributed by atoms with Crippen molar-refractivity contribution in [2.24, 2.45) is 0 Å². The predicted molar refractivity (Wildman–Crippen MR) is 105 cm³/mol. The van der Waals surface area contributed by atoms with E-state index in [4.69, 9.17) is 38.0 Å². The van der Waals surface area contributed by atoms with Gasteiger partial charge >= 0.3 is 5.97 Å². The lowest BCUT2D eigenvalue weighted by atomic mass is 9.95. The molecule has 26 heavy (non-hydrogen) atoms. The molecule has 0 aromatic heterocycles. The third kappa shape index (κ3) is 4.40. The molecule has 0 amide bonds. The van der Waals surface area contributed by atoms with Crippen molar-refractivity contribution in [2.45, 2.75) is 33.7 Å². The number of allylic oxidation sites excluding steroid dienone is 1. The Balaban J connectivity index is 2.55. The second-order valence-corrected chi connectivity index (χ2v) is 6.29. The first kappa shape index (κ1) is 20.3. The molecule has 1 aliphatic heterocycles. The molecule has 1 aromatic rings. The van der Waals surface area contributed by atoms with Crippen LogP contribution in [0.5, 0.6) is 11.5 Å². The number of carbonyl (C=O) groups is 1. The van der Waals surface area contributed by atoms with Crippen LogP contribution >= 0.6 is 23.8 Å². The average Bonchev–Trinajstić information content (AvgIpc) is 2.57. The first-order chi connectivity index (χ1) is 12.4. The highest BCUT2D eigenvalue weighted by Crippen LogP contribution is 2.39. The lowest BCUT2D eigenvalue weighted by Crippen LogP contribution is -2.45. The van der Waals surface area contributed by atoms with Gasteiger partial charge in [0.05, 0.1) is 36.5 Å². The molecular weight excluding hydrogens is 376 g/mol. The standard InChI is InChI=1S/C18H23ClN2O4S/c1-5-23-13-8-11(12(19)9-14(13)24-6-2)16-15(17(22)25-7-3)10(4)20-18(26)21-16/h8-9,16H,5-7H2,1-4H3,(H2,20,21,26). The van der Waals surface area contributed by atoms with Crippen LogP contribution in [0.1, 0.15) is 39.3 Å². The zero-order chi connectivity index (χ0) is 19.3. The minimum absolute atomic E-state index is 0.272. The van der Waals surface area contributed by atoms with Gasteiger partial charge in [0.1, 0.15) is 0 Å². The zero-order valence-corrected chi connectivity index (χ0v) is 16.8. The van der Waals surface area contributed by atoms with Crippen LogP contribution in [-0.4, -0.2) is 30.9 Å². The summed E-state index contributed by atoms with van der Waals surface area (Å²) in [4.78, 5) is 12.5. The number of rotatable bonds is 7. The van der Waals surface area contributed by atoms with Crippen LogP contribution in [0.2, 0.25) is 5.02 Å². The summed E-state index contributed by atoms with van der Waals surface area (Å²) in [5.41, 5.74) is 1.71. The maximum Gasteiger partial charge on any atom is 0.338 e. The van der Waals surface area contributed by atoms with Crippen molar-refractivity contribution in [2.75, 3.05) is 19.8 Å². The minimum atomic E-state index is -0.551. The Morgan fingerprint density at radius 2 is 1.77 bits per heavy atom. The van der Waals surface area contributed by atoms with E-state index in [9.17, 15) is 4.79 Å². The van der Waals surface area contributed by atoms with Crippen LogP contribution in [0.4, 0.5) is 0 Å². The second-order valence-electron chi connectivity index (χ2n) is 5.48. The zero-order valence-electron chi connectivity index (χ0n) is 15.3. The Kier molecular flexibility index (Phi) is 7.11. The molecule has 6 nitrogen and oxygen atoms in total. The van der Waals surface area contributed by atoms with Gasteiger partial charge in [-0.1, -0.05) is 11.6 Å². The SMILES string of the molecule is CCOC(=O)C1=C(C)NC(=S)NC1c1cc(OCC)c(OCC)cc1Cl. The molecule has 1 heterocycles. The largest absolute Gasteiger partial charge is 0.490 e. The first-order valence-corrected chi connectivity index (χ1v) is 9.25. The molecule has 0 saturated carbocycles. The molecule has 0 radical (unpaired) electrons. The van der Waals surface area contributed by atoms with Gasteiger partial charge in [0, 0.05) is 17.3 Å². The molecule has 2 rings (SSSR count). The summed E-state index contributed by atoms with van der Waals surface area (Å²) >= 11 is 11.8. The summed E-state index contributed by atoms with van der Waals surface area (Å²) in [6.45, 7) is 8.53. The molecule has 0 fully saturated rings. The number of ether oxygens (including phenoxy) is 3. The van der Waals surface area contributed by atoms with E-state index >= 15 is 0 Å². The fourth-order valence-electron chi connectivity index (χ4n) is 2.72. The number of nitrogens with one attached hydrogen (secondary N) is 2. The maximum absolute atomic E-state index is 12.5. The second kappa shape index (κ2) is 9.09. The fourth-order valence-corrected chi connectivity index (χ4v) is 3.25. The number of hydrogen-bond acceptors (Lipinski definition) is 5. The van der Waals surface area contributed by atoms with Gasteiger partial charge in [-0.15, -0.1) is 0 Å². The van der Waals surface area contributed by atoms with Crippen molar-refractivity contribution >= 4 is 34.9 Å². The van der Waals surface area contributed by atoms with Crippen LogP contribution in [0.15, 0.2) is 23.4 Å². The monoisotopic (exact) mass is 398 g/mol. The Labute approximate surface area is 163 Å². The Bertz CT molecular complexity index is 736. The number of thiocarbonyl (C=S) groups is 1. The van der Waals surface area contributed by atoms with E-state index in [-0.39, 0.29) is 6.61 Å². The van der Waals surface area contributed by atoms with Crippen LogP contribution in [-0.2, 0) is 9.53 Å². The normalized spacial score (nSPS) is 16.7. The van der Waals surface area contributed by atoms with Gasteiger partial charge in [0.15, 0.2) is 16.6 Å². The summed E-state index contributed by atoms with van der Waals surface area (Å²) in [5.74, 6) is 0.680. The molecule has 8 heteroatoms. The lowest BCUT2D eigenvalue weighted by molar-refractivity contribution is -0.139. The number of carbonyl (C=O) groups excluding carboxylic acids is 1. The number of halogens is 1. The van der Waals surface area contributed by atoms with E-state index in [1.165, 1.54) is 0 Å². The lowest BCUT2D eigenvalue weighted by Gasteiger charge is -2.30. The van der Waals surface area contributed by atoms with Crippen molar-refractivity contribution in [3.63, 3.8) is 0 Å². The van der Waals surface area contributed by atoms with Crippen molar-refractivity contribution in [3.8, 4) is 11.5 Å². The van der Waals surface area contributed by atoms with Crippen molar-refractivity contribution < 1.29 is 19.0 Å². The van der Waals surface area contributed by atoms with E-state index in [0.29, 0.717) is 51.7 Å². The molecule has 0 bridgehead atoms. The van der Waals surface area contributed by atoms with Crippen LogP contribution in [0.3, 0.4) is 0 Å². The van der Waals surface area contributed by atoms with Gasteiger partial charge in [-0.05, 0) is 46.0 Å². The highest BCUT2D eigenvalue weighted by atomic mass is 35.5. The summed E-state index contributed by atoms with van der Waals surface area (Å²) < 4.78 is 16.5.